The first-order chi connectivity index (χ1) is 10.2. The first kappa shape index (κ1) is 13.6. The van der Waals surface area contributed by atoms with Crippen LogP contribution in [0.15, 0.2) is 23.0 Å². The Kier molecular flexibility index (Phi) is 3.62. The zero-order chi connectivity index (χ0) is 14.8. The summed E-state index contributed by atoms with van der Waals surface area (Å²) < 4.78 is 10.5. The maximum atomic E-state index is 12.0. The Labute approximate surface area is 122 Å². The Morgan fingerprint density at radius 2 is 2.00 bits per heavy atom. The highest BCUT2D eigenvalue weighted by Gasteiger charge is 2.16. The highest BCUT2D eigenvalue weighted by Crippen LogP contribution is 2.28. The smallest absolute Gasteiger partial charge is 0.255 e. The molecule has 110 valence electrons. The number of nitrogens with zero attached hydrogens (tertiary/aromatic N) is 1. The maximum Gasteiger partial charge on any atom is 0.255 e. The normalized spacial score (nSPS) is 13.0. The van der Waals surface area contributed by atoms with Crippen molar-refractivity contribution in [3.05, 3.63) is 51.2 Å². The molecule has 0 unspecified atom stereocenters. The molecule has 1 aromatic carbocycles. The van der Waals surface area contributed by atoms with Crippen molar-refractivity contribution in [1.82, 2.24) is 15.3 Å². The Morgan fingerprint density at radius 1 is 1.19 bits per heavy atom. The van der Waals surface area contributed by atoms with E-state index < -0.39 is 0 Å². The quantitative estimate of drug-likeness (QED) is 0.876. The van der Waals surface area contributed by atoms with Crippen LogP contribution in [0.5, 0.6) is 11.5 Å². The van der Waals surface area contributed by atoms with Crippen LogP contribution >= 0.6 is 0 Å². The molecule has 2 N–H and O–H groups in total. The van der Waals surface area contributed by atoms with Crippen molar-refractivity contribution in [3.8, 4) is 11.5 Å². The van der Waals surface area contributed by atoms with E-state index in [2.05, 4.69) is 15.3 Å². The van der Waals surface area contributed by atoms with Gasteiger partial charge in [-0.1, -0.05) is 6.07 Å². The highest BCUT2D eigenvalue weighted by atomic mass is 16.5. The molecule has 0 amide bonds. The van der Waals surface area contributed by atoms with E-state index in [4.69, 9.17) is 9.47 Å². The van der Waals surface area contributed by atoms with Gasteiger partial charge < -0.3 is 19.8 Å². The van der Waals surface area contributed by atoms with Crippen LogP contribution in [0.3, 0.4) is 0 Å². The zero-order valence-corrected chi connectivity index (χ0v) is 12.0. The number of H-pyrrole nitrogens is 1. The zero-order valence-electron chi connectivity index (χ0n) is 12.0. The third-order valence-electron chi connectivity index (χ3n) is 3.56. The number of hydrogen-bond donors (Lipinski definition) is 2. The summed E-state index contributed by atoms with van der Waals surface area (Å²) in [4.78, 5) is 19.3. The molecule has 0 radical (unpaired) electrons. The molecular weight excluding hydrogens is 270 g/mol. The molecule has 1 aromatic heterocycles. The van der Waals surface area contributed by atoms with Crippen molar-refractivity contribution in [1.29, 1.82) is 0 Å². The van der Waals surface area contributed by atoms with Gasteiger partial charge in [-0.25, -0.2) is 4.98 Å². The minimum atomic E-state index is -0.0551. The summed E-state index contributed by atoms with van der Waals surface area (Å²) in [7, 11) is 3.20. The van der Waals surface area contributed by atoms with Crippen LogP contribution < -0.4 is 20.3 Å². The van der Waals surface area contributed by atoms with Gasteiger partial charge >= 0.3 is 0 Å². The number of methoxy groups -OCH3 is 2. The molecule has 6 heteroatoms. The molecule has 0 bridgehead atoms. The number of ether oxygens (including phenoxy) is 2. The lowest BCUT2D eigenvalue weighted by molar-refractivity contribution is 0.354. The number of benzene rings is 1. The first-order valence-corrected chi connectivity index (χ1v) is 6.74. The lowest BCUT2D eigenvalue weighted by atomic mass is 10.1. The largest absolute Gasteiger partial charge is 0.493 e. The summed E-state index contributed by atoms with van der Waals surface area (Å²) in [6.45, 7) is 1.24. The second-order valence-electron chi connectivity index (χ2n) is 4.91. The third kappa shape index (κ3) is 2.62. The molecule has 21 heavy (non-hydrogen) atoms. The minimum absolute atomic E-state index is 0.0551. The number of aromatic nitrogens is 2. The van der Waals surface area contributed by atoms with Gasteiger partial charge in [0, 0.05) is 19.5 Å². The van der Waals surface area contributed by atoms with E-state index in [9.17, 15) is 4.79 Å². The van der Waals surface area contributed by atoms with Crippen LogP contribution in [-0.4, -0.2) is 24.2 Å². The molecule has 3 rings (SSSR count). The second-order valence-corrected chi connectivity index (χ2v) is 4.91. The Morgan fingerprint density at radius 3 is 2.76 bits per heavy atom. The molecule has 6 nitrogen and oxygen atoms in total. The molecule has 0 fully saturated rings. The van der Waals surface area contributed by atoms with E-state index >= 15 is 0 Å². The topological polar surface area (TPSA) is 76.2 Å². The van der Waals surface area contributed by atoms with Crippen LogP contribution in [0.25, 0.3) is 0 Å². The van der Waals surface area contributed by atoms with E-state index in [0.29, 0.717) is 36.8 Å². The second kappa shape index (κ2) is 5.57. The fraction of sp³-hybridized carbons (Fsp3) is 0.333. The van der Waals surface area contributed by atoms with Crippen molar-refractivity contribution >= 4 is 0 Å². The van der Waals surface area contributed by atoms with Crippen molar-refractivity contribution in [3.63, 3.8) is 0 Å². The highest BCUT2D eigenvalue weighted by molar-refractivity contribution is 5.43. The fourth-order valence-electron chi connectivity index (χ4n) is 2.50. The van der Waals surface area contributed by atoms with E-state index in [1.807, 2.05) is 18.2 Å². The van der Waals surface area contributed by atoms with E-state index in [1.54, 1.807) is 14.2 Å². The maximum absolute atomic E-state index is 12.0. The van der Waals surface area contributed by atoms with Crippen molar-refractivity contribution in [2.45, 2.75) is 19.5 Å². The molecule has 0 atom stereocenters. The molecule has 2 aromatic rings. The summed E-state index contributed by atoms with van der Waals surface area (Å²) in [6.07, 6.45) is 0.545. The van der Waals surface area contributed by atoms with Gasteiger partial charge in [0.15, 0.2) is 11.5 Å². The average molecular weight is 287 g/mol. The summed E-state index contributed by atoms with van der Waals surface area (Å²) >= 11 is 0. The van der Waals surface area contributed by atoms with Gasteiger partial charge in [-0.3, -0.25) is 4.79 Å². The number of aromatic amines is 1. The number of fused-ring (bicyclic) bond motifs is 1. The van der Waals surface area contributed by atoms with Gasteiger partial charge in [0.1, 0.15) is 5.82 Å². The van der Waals surface area contributed by atoms with E-state index in [0.717, 1.165) is 16.8 Å². The fourth-order valence-corrected chi connectivity index (χ4v) is 2.50. The van der Waals surface area contributed by atoms with E-state index in [1.165, 1.54) is 0 Å². The van der Waals surface area contributed by atoms with Gasteiger partial charge in [0.25, 0.3) is 5.56 Å². The van der Waals surface area contributed by atoms with Crippen LogP contribution in [0.1, 0.15) is 22.6 Å². The molecule has 0 spiro atoms. The van der Waals surface area contributed by atoms with Gasteiger partial charge in [-0.05, 0) is 17.7 Å². The summed E-state index contributed by atoms with van der Waals surface area (Å²) in [5, 5.41) is 3.13. The summed E-state index contributed by atoms with van der Waals surface area (Å²) in [5.41, 5.74) is 2.53. The van der Waals surface area contributed by atoms with Crippen molar-refractivity contribution in [2.75, 3.05) is 14.2 Å². The standard InChI is InChI=1S/C15H17N3O3/c1-20-12-4-3-9(5-13(12)21-2)6-14-17-11-8-16-7-10(11)15(19)18-14/h3-5,16H,6-8H2,1-2H3,(H,17,18,19). The van der Waals surface area contributed by atoms with E-state index in [-0.39, 0.29) is 5.56 Å². The molecule has 0 aliphatic carbocycles. The number of rotatable bonds is 4. The van der Waals surface area contributed by atoms with Gasteiger partial charge in [-0.2, -0.15) is 0 Å². The monoisotopic (exact) mass is 287 g/mol. The Balaban J connectivity index is 1.90. The first-order valence-electron chi connectivity index (χ1n) is 6.74. The lowest BCUT2D eigenvalue weighted by Crippen LogP contribution is -2.17. The SMILES string of the molecule is COc1ccc(Cc2nc3c(c(=O)[nH]2)CNC3)cc1OC. The van der Waals surface area contributed by atoms with Crippen LogP contribution in [-0.2, 0) is 19.5 Å². The third-order valence-corrected chi connectivity index (χ3v) is 3.56. The number of hydrogen-bond acceptors (Lipinski definition) is 5. The number of nitrogens with one attached hydrogen (secondary N) is 2. The van der Waals surface area contributed by atoms with Crippen molar-refractivity contribution in [2.24, 2.45) is 0 Å². The lowest BCUT2D eigenvalue weighted by Gasteiger charge is -2.09. The predicted molar refractivity (Wildman–Crippen MR) is 77.8 cm³/mol. The Bertz CT molecular complexity index is 725. The molecular formula is C15H17N3O3. The van der Waals surface area contributed by atoms with Crippen LogP contribution in [0.4, 0.5) is 0 Å². The summed E-state index contributed by atoms with van der Waals surface area (Å²) in [6, 6.07) is 5.68. The Hall–Kier alpha value is -2.34. The molecule has 0 saturated carbocycles. The molecule has 1 aliphatic rings. The summed E-state index contributed by atoms with van der Waals surface area (Å²) in [5.74, 6) is 2.01. The molecule has 0 saturated heterocycles. The minimum Gasteiger partial charge on any atom is -0.493 e. The molecule has 2 heterocycles. The van der Waals surface area contributed by atoms with Gasteiger partial charge in [0.05, 0.1) is 25.5 Å². The molecule has 1 aliphatic heterocycles. The van der Waals surface area contributed by atoms with Gasteiger partial charge in [0.2, 0.25) is 0 Å². The van der Waals surface area contributed by atoms with Gasteiger partial charge in [-0.15, -0.1) is 0 Å². The average Bonchev–Trinajstić information content (AvgIpc) is 2.96. The van der Waals surface area contributed by atoms with Crippen LogP contribution in [0.2, 0.25) is 0 Å². The predicted octanol–water partition coefficient (Wildman–Crippen LogP) is 0.981. The van der Waals surface area contributed by atoms with Crippen molar-refractivity contribution < 1.29 is 9.47 Å². The van der Waals surface area contributed by atoms with Crippen LogP contribution in [0, 0.1) is 0 Å².